The van der Waals surface area contributed by atoms with Crippen LogP contribution in [0.25, 0.3) is 0 Å². The molecule has 0 atom stereocenters. The van der Waals surface area contributed by atoms with Crippen molar-refractivity contribution >= 4 is 11.9 Å². The minimum Gasteiger partial charge on any atom is -0.452 e. The summed E-state index contributed by atoms with van der Waals surface area (Å²) in [5, 5.41) is 3.85. The van der Waals surface area contributed by atoms with Crippen molar-refractivity contribution < 1.29 is 14.3 Å². The number of hydrogen-bond donors (Lipinski definition) is 0. The number of likely N-dealkylation sites (N-methyl/N-ethyl adjacent to an activating group) is 1. The first-order valence-corrected chi connectivity index (χ1v) is 5.52. The van der Waals surface area contributed by atoms with E-state index in [4.69, 9.17) is 4.74 Å². The number of esters is 1. The van der Waals surface area contributed by atoms with E-state index in [-0.39, 0.29) is 12.5 Å². The van der Waals surface area contributed by atoms with Crippen LogP contribution in [-0.2, 0) is 16.6 Å². The fourth-order valence-corrected chi connectivity index (χ4v) is 1.40. The van der Waals surface area contributed by atoms with Gasteiger partial charge in [-0.2, -0.15) is 5.10 Å². The summed E-state index contributed by atoms with van der Waals surface area (Å²) in [5.41, 5.74) is 0.347. The first-order valence-electron chi connectivity index (χ1n) is 5.52. The highest BCUT2D eigenvalue weighted by molar-refractivity contribution is 5.90. The largest absolute Gasteiger partial charge is 0.452 e. The van der Waals surface area contributed by atoms with Crippen LogP contribution in [0.5, 0.6) is 0 Å². The average Bonchev–Trinajstić information content (AvgIpc) is 2.74. The van der Waals surface area contributed by atoms with E-state index in [0.717, 1.165) is 0 Å². The zero-order valence-corrected chi connectivity index (χ0v) is 10.3. The maximum absolute atomic E-state index is 11.6. The molecule has 0 saturated carbocycles. The third-order valence-corrected chi connectivity index (χ3v) is 2.38. The van der Waals surface area contributed by atoms with Gasteiger partial charge in [0.2, 0.25) is 0 Å². The lowest BCUT2D eigenvalue weighted by Crippen LogP contribution is -2.34. The summed E-state index contributed by atoms with van der Waals surface area (Å²) in [6, 6.07) is 0. The minimum atomic E-state index is -0.529. The molecular formula is C11H17N3O3. The molecule has 0 bridgehead atoms. The van der Waals surface area contributed by atoms with Crippen LogP contribution in [0.15, 0.2) is 12.4 Å². The Hall–Kier alpha value is -1.85. The summed E-state index contributed by atoms with van der Waals surface area (Å²) in [4.78, 5) is 24.7. The van der Waals surface area contributed by atoms with Crippen LogP contribution in [-0.4, -0.2) is 46.3 Å². The Morgan fingerprint density at radius 2 is 2.06 bits per heavy atom. The predicted octanol–water partition coefficient (Wildman–Crippen LogP) is 0.445. The summed E-state index contributed by atoms with van der Waals surface area (Å²) in [6.45, 7) is 4.75. The Morgan fingerprint density at radius 3 is 2.53 bits per heavy atom. The van der Waals surface area contributed by atoms with Crippen molar-refractivity contribution in [3.63, 3.8) is 0 Å². The number of carbonyl (C=O) groups excluding carboxylic acids is 2. The lowest BCUT2D eigenvalue weighted by Gasteiger charge is -2.17. The monoisotopic (exact) mass is 239 g/mol. The summed E-state index contributed by atoms with van der Waals surface area (Å²) in [7, 11) is 1.71. The van der Waals surface area contributed by atoms with Gasteiger partial charge in [-0.15, -0.1) is 0 Å². The van der Waals surface area contributed by atoms with E-state index < -0.39 is 5.97 Å². The Morgan fingerprint density at radius 1 is 1.41 bits per heavy atom. The maximum Gasteiger partial charge on any atom is 0.341 e. The molecule has 0 saturated heterocycles. The SMILES string of the molecule is CCN(CC)C(=O)COC(=O)c1cnn(C)c1. The fraction of sp³-hybridized carbons (Fsp3) is 0.545. The summed E-state index contributed by atoms with van der Waals surface area (Å²) in [5.74, 6) is -0.717. The molecular weight excluding hydrogens is 222 g/mol. The number of amides is 1. The third kappa shape index (κ3) is 3.58. The maximum atomic E-state index is 11.6. The molecule has 0 aliphatic heterocycles. The normalized spacial score (nSPS) is 10.1. The van der Waals surface area contributed by atoms with Gasteiger partial charge in [-0.25, -0.2) is 4.79 Å². The van der Waals surface area contributed by atoms with Gasteiger partial charge in [0.05, 0.1) is 11.8 Å². The minimum absolute atomic E-state index is 0.188. The van der Waals surface area contributed by atoms with Crippen molar-refractivity contribution in [3.05, 3.63) is 18.0 Å². The van der Waals surface area contributed by atoms with E-state index in [1.807, 2.05) is 13.8 Å². The Bertz CT molecular complexity index is 396. The second-order valence-electron chi connectivity index (χ2n) is 3.54. The molecule has 0 spiro atoms. The molecule has 1 heterocycles. The van der Waals surface area contributed by atoms with E-state index in [1.165, 1.54) is 10.9 Å². The van der Waals surface area contributed by atoms with Crippen LogP contribution < -0.4 is 0 Å². The number of carbonyl (C=O) groups is 2. The second-order valence-corrected chi connectivity index (χ2v) is 3.54. The number of nitrogens with zero attached hydrogens (tertiary/aromatic N) is 3. The van der Waals surface area contributed by atoms with Gasteiger partial charge in [-0.3, -0.25) is 9.48 Å². The zero-order valence-electron chi connectivity index (χ0n) is 10.3. The van der Waals surface area contributed by atoms with Crippen LogP contribution in [0.1, 0.15) is 24.2 Å². The zero-order chi connectivity index (χ0) is 12.8. The number of rotatable bonds is 5. The van der Waals surface area contributed by atoms with Gasteiger partial charge in [-0.1, -0.05) is 0 Å². The molecule has 0 N–H and O–H groups in total. The Labute approximate surface area is 100 Å². The molecule has 1 rings (SSSR count). The smallest absolute Gasteiger partial charge is 0.341 e. The van der Waals surface area contributed by atoms with Gasteiger partial charge in [0.1, 0.15) is 0 Å². The molecule has 1 aromatic rings. The van der Waals surface area contributed by atoms with E-state index in [9.17, 15) is 9.59 Å². The molecule has 0 aromatic carbocycles. The van der Waals surface area contributed by atoms with E-state index in [1.54, 1.807) is 18.1 Å². The second kappa shape index (κ2) is 6.03. The van der Waals surface area contributed by atoms with Gasteiger partial charge in [0.15, 0.2) is 6.61 Å². The molecule has 1 amide bonds. The number of aryl methyl sites for hydroxylation is 1. The third-order valence-electron chi connectivity index (χ3n) is 2.38. The molecule has 6 heteroatoms. The standard InChI is InChI=1S/C11H17N3O3/c1-4-14(5-2)10(15)8-17-11(16)9-6-12-13(3)7-9/h6-7H,4-5,8H2,1-3H3. The van der Waals surface area contributed by atoms with Gasteiger partial charge in [0, 0.05) is 26.3 Å². The number of ether oxygens (including phenoxy) is 1. The summed E-state index contributed by atoms with van der Waals surface area (Å²) >= 11 is 0. The van der Waals surface area contributed by atoms with Crippen LogP contribution in [0.4, 0.5) is 0 Å². The highest BCUT2D eigenvalue weighted by atomic mass is 16.5. The quantitative estimate of drug-likeness (QED) is 0.700. The Kier molecular flexibility index (Phi) is 4.68. The van der Waals surface area contributed by atoms with Crippen LogP contribution in [0, 0.1) is 0 Å². The van der Waals surface area contributed by atoms with Crippen molar-refractivity contribution in [2.75, 3.05) is 19.7 Å². The van der Waals surface area contributed by atoms with Crippen molar-refractivity contribution in [1.29, 1.82) is 0 Å². The van der Waals surface area contributed by atoms with Gasteiger partial charge in [0.25, 0.3) is 5.91 Å². The fourth-order valence-electron chi connectivity index (χ4n) is 1.40. The Balaban J connectivity index is 2.46. The molecule has 0 unspecified atom stereocenters. The van der Waals surface area contributed by atoms with Crippen molar-refractivity contribution in [2.45, 2.75) is 13.8 Å². The first kappa shape index (κ1) is 13.2. The van der Waals surface area contributed by atoms with E-state index >= 15 is 0 Å². The first-order chi connectivity index (χ1) is 8.08. The van der Waals surface area contributed by atoms with Gasteiger partial charge < -0.3 is 9.64 Å². The lowest BCUT2D eigenvalue weighted by atomic mass is 10.4. The molecule has 0 radical (unpaired) electrons. The van der Waals surface area contributed by atoms with Crippen molar-refractivity contribution in [2.24, 2.45) is 7.05 Å². The van der Waals surface area contributed by atoms with E-state index in [2.05, 4.69) is 5.10 Å². The summed E-state index contributed by atoms with van der Waals surface area (Å²) < 4.78 is 6.41. The van der Waals surface area contributed by atoms with Gasteiger partial charge in [-0.05, 0) is 13.8 Å². The lowest BCUT2D eigenvalue weighted by molar-refractivity contribution is -0.134. The van der Waals surface area contributed by atoms with Gasteiger partial charge >= 0.3 is 5.97 Å². The van der Waals surface area contributed by atoms with Crippen LogP contribution in [0.3, 0.4) is 0 Å². The highest BCUT2D eigenvalue weighted by Gasteiger charge is 2.14. The molecule has 17 heavy (non-hydrogen) atoms. The van der Waals surface area contributed by atoms with Crippen molar-refractivity contribution in [3.8, 4) is 0 Å². The topological polar surface area (TPSA) is 64.4 Å². The molecule has 6 nitrogen and oxygen atoms in total. The molecule has 1 aromatic heterocycles. The van der Waals surface area contributed by atoms with Crippen molar-refractivity contribution in [1.82, 2.24) is 14.7 Å². The molecule has 94 valence electrons. The number of aromatic nitrogens is 2. The predicted molar refractivity (Wildman–Crippen MR) is 61.4 cm³/mol. The summed E-state index contributed by atoms with van der Waals surface area (Å²) in [6.07, 6.45) is 2.95. The van der Waals surface area contributed by atoms with Crippen LogP contribution >= 0.6 is 0 Å². The molecule has 0 fully saturated rings. The molecule has 0 aliphatic rings. The van der Waals surface area contributed by atoms with E-state index in [0.29, 0.717) is 18.7 Å². The highest BCUT2D eigenvalue weighted by Crippen LogP contribution is 2.00. The number of hydrogen-bond acceptors (Lipinski definition) is 4. The molecule has 0 aliphatic carbocycles. The average molecular weight is 239 g/mol. The van der Waals surface area contributed by atoms with Crippen LogP contribution in [0.2, 0.25) is 0 Å².